The van der Waals surface area contributed by atoms with E-state index >= 15 is 0 Å². The first kappa shape index (κ1) is 17.7. The summed E-state index contributed by atoms with van der Waals surface area (Å²) in [5.74, 6) is 0.655. The van der Waals surface area contributed by atoms with Gasteiger partial charge in [-0.2, -0.15) is 0 Å². The average molecular weight is 383 g/mol. The molecule has 7 heteroatoms. The second kappa shape index (κ2) is 7.50. The third-order valence-electron chi connectivity index (χ3n) is 4.64. The molecule has 1 aliphatic heterocycles. The van der Waals surface area contributed by atoms with Gasteiger partial charge in [0.05, 0.1) is 41.0 Å². The number of aromatic nitrogens is 2. The Kier molecular flexibility index (Phi) is 4.92. The number of nitrogens with one attached hydrogen (secondary N) is 1. The van der Waals surface area contributed by atoms with Crippen LogP contribution in [0.3, 0.4) is 0 Å². The molecule has 0 bridgehead atoms. The first-order chi connectivity index (χ1) is 13.2. The van der Waals surface area contributed by atoms with Crippen LogP contribution in [0.4, 0.5) is 5.82 Å². The molecule has 1 N–H and O–H groups in total. The van der Waals surface area contributed by atoms with Gasteiger partial charge in [-0.25, -0.2) is 4.98 Å². The number of ether oxygens (including phenoxy) is 1. The van der Waals surface area contributed by atoms with Crippen molar-refractivity contribution in [2.24, 2.45) is 0 Å². The Morgan fingerprint density at radius 2 is 1.85 bits per heavy atom. The molecule has 0 atom stereocenters. The van der Waals surface area contributed by atoms with Crippen molar-refractivity contribution in [1.82, 2.24) is 15.3 Å². The minimum atomic E-state index is -0.203. The lowest BCUT2D eigenvalue weighted by Gasteiger charge is -2.27. The van der Waals surface area contributed by atoms with Gasteiger partial charge in [0.2, 0.25) is 0 Å². The summed E-state index contributed by atoms with van der Waals surface area (Å²) < 4.78 is 5.40. The van der Waals surface area contributed by atoms with E-state index in [9.17, 15) is 4.79 Å². The van der Waals surface area contributed by atoms with Crippen LogP contribution in [0.5, 0.6) is 0 Å². The highest BCUT2D eigenvalue weighted by atomic mass is 35.5. The van der Waals surface area contributed by atoms with Crippen molar-refractivity contribution in [3.8, 4) is 11.1 Å². The van der Waals surface area contributed by atoms with Crippen molar-refractivity contribution in [2.45, 2.75) is 0 Å². The van der Waals surface area contributed by atoms with Crippen LogP contribution >= 0.6 is 11.6 Å². The molecule has 1 aromatic heterocycles. The van der Waals surface area contributed by atoms with E-state index in [1.165, 1.54) is 0 Å². The van der Waals surface area contributed by atoms with Gasteiger partial charge in [0.1, 0.15) is 5.82 Å². The Balaban J connectivity index is 1.70. The molecule has 27 heavy (non-hydrogen) atoms. The number of morpholine rings is 1. The fraction of sp³-hybridized carbons (Fsp3) is 0.250. The summed E-state index contributed by atoms with van der Waals surface area (Å²) in [5, 5.41) is 3.00. The molecule has 4 rings (SSSR count). The smallest absolute Gasteiger partial charge is 0.252 e. The number of anilines is 1. The van der Waals surface area contributed by atoms with Gasteiger partial charge in [-0.05, 0) is 35.4 Å². The highest BCUT2D eigenvalue weighted by molar-refractivity contribution is 6.34. The Morgan fingerprint density at radius 1 is 1.11 bits per heavy atom. The predicted molar refractivity (Wildman–Crippen MR) is 106 cm³/mol. The van der Waals surface area contributed by atoms with Gasteiger partial charge >= 0.3 is 0 Å². The maximum atomic E-state index is 11.8. The first-order valence-electron chi connectivity index (χ1n) is 8.77. The number of carbonyl (C=O) groups is 1. The number of nitrogens with zero attached hydrogens (tertiary/aromatic N) is 3. The van der Waals surface area contributed by atoms with Crippen molar-refractivity contribution in [1.29, 1.82) is 0 Å². The molecule has 6 nitrogen and oxygen atoms in total. The van der Waals surface area contributed by atoms with E-state index in [0.29, 0.717) is 23.8 Å². The summed E-state index contributed by atoms with van der Waals surface area (Å²) in [7, 11) is 1.58. The molecule has 1 aliphatic rings. The van der Waals surface area contributed by atoms with Crippen LogP contribution in [0, 0.1) is 0 Å². The second-order valence-electron chi connectivity index (χ2n) is 6.30. The minimum absolute atomic E-state index is 0.203. The van der Waals surface area contributed by atoms with Gasteiger partial charge in [-0.1, -0.05) is 23.7 Å². The number of hydrogen-bond acceptors (Lipinski definition) is 5. The molecular weight excluding hydrogens is 364 g/mol. The summed E-state index contributed by atoms with van der Waals surface area (Å²) in [5.41, 5.74) is 4.01. The lowest BCUT2D eigenvalue weighted by atomic mass is 10.0. The van der Waals surface area contributed by atoms with E-state index in [0.717, 1.165) is 41.1 Å². The highest BCUT2D eigenvalue weighted by Gasteiger charge is 2.14. The number of benzene rings is 2. The maximum absolute atomic E-state index is 11.8. The third-order valence-corrected chi connectivity index (χ3v) is 4.95. The van der Waals surface area contributed by atoms with E-state index < -0.39 is 0 Å². The number of halogens is 1. The van der Waals surface area contributed by atoms with Gasteiger partial charge < -0.3 is 15.0 Å². The molecule has 2 aromatic carbocycles. The summed E-state index contributed by atoms with van der Waals surface area (Å²) in [4.78, 5) is 23.3. The van der Waals surface area contributed by atoms with Crippen LogP contribution in [-0.4, -0.2) is 49.2 Å². The van der Waals surface area contributed by atoms with Crippen molar-refractivity contribution in [2.75, 3.05) is 38.3 Å². The van der Waals surface area contributed by atoms with E-state index in [4.69, 9.17) is 21.3 Å². The van der Waals surface area contributed by atoms with Crippen molar-refractivity contribution >= 4 is 34.4 Å². The molecule has 3 aromatic rings. The Hall–Kier alpha value is -2.70. The molecule has 2 heterocycles. The monoisotopic (exact) mass is 382 g/mol. The van der Waals surface area contributed by atoms with E-state index in [2.05, 4.69) is 15.2 Å². The number of amides is 1. The largest absolute Gasteiger partial charge is 0.378 e. The first-order valence-corrected chi connectivity index (χ1v) is 9.15. The molecule has 1 saturated heterocycles. The van der Waals surface area contributed by atoms with Crippen molar-refractivity contribution in [3.63, 3.8) is 0 Å². The van der Waals surface area contributed by atoms with Gasteiger partial charge in [-0.15, -0.1) is 0 Å². The fourth-order valence-electron chi connectivity index (χ4n) is 3.14. The van der Waals surface area contributed by atoms with Gasteiger partial charge in [0.25, 0.3) is 5.91 Å². The Morgan fingerprint density at radius 3 is 2.59 bits per heavy atom. The Bertz CT molecular complexity index is 1000. The number of hydrogen-bond donors (Lipinski definition) is 1. The normalized spacial score (nSPS) is 14.4. The van der Waals surface area contributed by atoms with E-state index in [1.807, 2.05) is 30.5 Å². The Labute approximate surface area is 162 Å². The summed E-state index contributed by atoms with van der Waals surface area (Å²) >= 11 is 6.29. The van der Waals surface area contributed by atoms with E-state index in [1.54, 1.807) is 19.2 Å². The van der Waals surface area contributed by atoms with Gasteiger partial charge in [0.15, 0.2) is 0 Å². The van der Waals surface area contributed by atoms with Crippen LogP contribution in [0.15, 0.2) is 42.6 Å². The molecule has 138 valence electrons. The zero-order valence-corrected chi connectivity index (χ0v) is 15.7. The minimum Gasteiger partial charge on any atom is -0.378 e. The molecule has 0 aliphatic carbocycles. The van der Waals surface area contributed by atoms with E-state index in [-0.39, 0.29) is 5.91 Å². The molecule has 0 spiro atoms. The topological polar surface area (TPSA) is 67.4 Å². The fourth-order valence-corrected chi connectivity index (χ4v) is 3.41. The SMILES string of the molecule is CNC(=O)c1ccc(-c2ccc3ncc(N4CCOCC4)nc3c2)cc1Cl. The number of fused-ring (bicyclic) bond motifs is 1. The van der Waals surface area contributed by atoms with Crippen molar-refractivity contribution in [3.05, 3.63) is 53.2 Å². The van der Waals surface area contributed by atoms with Crippen LogP contribution in [0.25, 0.3) is 22.2 Å². The lowest BCUT2D eigenvalue weighted by molar-refractivity contribution is 0.0963. The lowest BCUT2D eigenvalue weighted by Crippen LogP contribution is -2.36. The van der Waals surface area contributed by atoms with Crippen LogP contribution in [-0.2, 0) is 4.74 Å². The van der Waals surface area contributed by atoms with Crippen LogP contribution in [0.2, 0.25) is 5.02 Å². The summed E-state index contributed by atoms with van der Waals surface area (Å²) in [6, 6.07) is 11.3. The van der Waals surface area contributed by atoms with Gasteiger partial charge in [-0.3, -0.25) is 9.78 Å². The highest BCUT2D eigenvalue weighted by Crippen LogP contribution is 2.28. The molecule has 0 unspecified atom stereocenters. The zero-order valence-electron chi connectivity index (χ0n) is 14.9. The standard InChI is InChI=1S/C20H19ClN4O2/c1-22-20(26)15-4-2-13(10-16(15)21)14-3-5-17-18(11-14)24-19(12-23-17)25-6-8-27-9-7-25/h2-5,10-12H,6-9H2,1H3,(H,22,26). The summed E-state index contributed by atoms with van der Waals surface area (Å²) in [6.45, 7) is 3.04. The quantitative estimate of drug-likeness (QED) is 0.753. The average Bonchev–Trinajstić information content (AvgIpc) is 2.73. The van der Waals surface area contributed by atoms with Crippen LogP contribution in [0.1, 0.15) is 10.4 Å². The molecule has 0 radical (unpaired) electrons. The third kappa shape index (κ3) is 3.59. The number of carbonyl (C=O) groups excluding carboxylic acids is 1. The van der Waals surface area contributed by atoms with Crippen molar-refractivity contribution < 1.29 is 9.53 Å². The van der Waals surface area contributed by atoms with Gasteiger partial charge in [0, 0.05) is 20.1 Å². The van der Waals surface area contributed by atoms with Crippen LogP contribution < -0.4 is 10.2 Å². The predicted octanol–water partition coefficient (Wildman–Crippen LogP) is 3.15. The maximum Gasteiger partial charge on any atom is 0.252 e. The molecule has 0 saturated carbocycles. The molecule has 1 fully saturated rings. The molecular formula is C20H19ClN4O2. The molecule has 1 amide bonds. The zero-order chi connectivity index (χ0) is 18.8. The second-order valence-corrected chi connectivity index (χ2v) is 6.71. The summed E-state index contributed by atoms with van der Waals surface area (Å²) in [6.07, 6.45) is 1.81. The number of rotatable bonds is 3.